The number of fused-ring (bicyclic) bond motifs is 16. The predicted molar refractivity (Wildman–Crippen MR) is 253 cm³/mol. The molecule has 11 aromatic rings. The standard InChI is InChI=1S/C54H31B2N3O2/c1-3-16-32(17-4-1)57-42-26-15-27-43-49(42)56(50-44(57)30-36-34-20-7-11-24-40(34)59-41-25-12-8-21-35(41)48(50)52(36)59)39-31-47-51-54(53(39)58(43)33-18-5-2-6-19-33)61-46-29-14-10-23-38(46)55(51)37-22-9-13-28-45(37)60-47/h1-31H. The summed E-state index contributed by atoms with van der Waals surface area (Å²) in [6, 6.07) is 68.3. The first-order valence-electron chi connectivity index (χ1n) is 21.1. The van der Waals surface area contributed by atoms with Crippen LogP contribution < -0.4 is 52.1 Å². The zero-order valence-electron chi connectivity index (χ0n) is 32.7. The normalized spacial score (nSPS) is 14.0. The molecule has 0 aliphatic carbocycles. The van der Waals surface area contributed by atoms with E-state index in [1.807, 2.05) is 0 Å². The zero-order valence-corrected chi connectivity index (χ0v) is 32.7. The molecule has 2 aromatic heterocycles. The molecule has 0 bridgehead atoms. The SMILES string of the molecule is c1ccc(N2c3cccc4c3B(c3cc5c6c(c3N4c3ccccc3)Oc3ccccc3B6c3ccccc3O5)c3c2cc2c4ccccc4n4c5ccccc5c3c24)cc1. The predicted octanol–water partition coefficient (Wildman–Crippen LogP) is 9.65. The van der Waals surface area contributed by atoms with Crippen molar-refractivity contribution in [3.8, 4) is 23.0 Å². The highest BCUT2D eigenvalue weighted by Crippen LogP contribution is 2.51. The Balaban J connectivity index is 1.15. The van der Waals surface area contributed by atoms with Crippen LogP contribution in [0, 0.1) is 0 Å². The Morgan fingerprint density at radius 1 is 0.377 bits per heavy atom. The number of hydrogen-bond donors (Lipinski definition) is 0. The van der Waals surface area contributed by atoms with Gasteiger partial charge in [-0.2, -0.15) is 0 Å². The highest BCUT2D eigenvalue weighted by atomic mass is 16.5. The summed E-state index contributed by atoms with van der Waals surface area (Å²) in [6.45, 7) is -0.225. The molecule has 0 atom stereocenters. The summed E-state index contributed by atoms with van der Waals surface area (Å²) in [6.07, 6.45) is 0. The average Bonchev–Trinajstić information content (AvgIpc) is 3.84. The molecule has 0 radical (unpaired) electrons. The Labute approximate surface area is 351 Å². The molecule has 4 aliphatic rings. The van der Waals surface area contributed by atoms with Gasteiger partial charge >= 0.3 is 0 Å². The van der Waals surface area contributed by atoms with Gasteiger partial charge in [0.05, 0.1) is 22.2 Å². The van der Waals surface area contributed by atoms with Gasteiger partial charge < -0.3 is 23.7 Å². The van der Waals surface area contributed by atoms with E-state index in [0.717, 1.165) is 73.3 Å². The van der Waals surface area contributed by atoms with Crippen molar-refractivity contribution < 1.29 is 9.47 Å². The number of nitrogens with zero attached hydrogens (tertiary/aromatic N) is 3. The molecule has 0 unspecified atom stereocenters. The molecule has 0 amide bonds. The van der Waals surface area contributed by atoms with Crippen LogP contribution in [0.4, 0.5) is 34.1 Å². The fraction of sp³-hybridized carbons (Fsp3) is 0. The van der Waals surface area contributed by atoms with Crippen LogP contribution in [0.2, 0.25) is 0 Å². The molecule has 15 rings (SSSR count). The fourth-order valence-electron chi connectivity index (χ4n) is 11.5. The number of hydrogen-bond acceptors (Lipinski definition) is 4. The van der Waals surface area contributed by atoms with Crippen LogP contribution in [0.3, 0.4) is 0 Å². The van der Waals surface area contributed by atoms with Crippen LogP contribution in [0.15, 0.2) is 188 Å². The second kappa shape index (κ2) is 11.4. The van der Waals surface area contributed by atoms with Crippen molar-refractivity contribution in [3.05, 3.63) is 188 Å². The van der Waals surface area contributed by atoms with Crippen LogP contribution in [-0.4, -0.2) is 17.8 Å². The highest BCUT2D eigenvalue weighted by Gasteiger charge is 2.50. The van der Waals surface area contributed by atoms with Crippen molar-refractivity contribution in [1.29, 1.82) is 0 Å². The van der Waals surface area contributed by atoms with Gasteiger partial charge in [0.1, 0.15) is 23.0 Å². The smallest absolute Gasteiger partial charge is 0.260 e. The average molecular weight is 775 g/mol. The van der Waals surface area contributed by atoms with Crippen molar-refractivity contribution in [3.63, 3.8) is 0 Å². The lowest BCUT2D eigenvalue weighted by Gasteiger charge is -2.46. The summed E-state index contributed by atoms with van der Waals surface area (Å²) in [5.74, 6) is 3.46. The minimum absolute atomic E-state index is 0.0531. The fourth-order valence-corrected chi connectivity index (χ4v) is 11.5. The Kier molecular flexibility index (Phi) is 6.00. The topological polar surface area (TPSA) is 29.4 Å². The molecule has 0 saturated heterocycles. The van der Waals surface area contributed by atoms with Crippen LogP contribution >= 0.6 is 0 Å². The van der Waals surface area contributed by atoms with Crippen molar-refractivity contribution >= 4 is 118 Å². The molecule has 0 spiro atoms. The third kappa shape index (κ3) is 3.95. The summed E-state index contributed by atoms with van der Waals surface area (Å²) < 4.78 is 16.9. The molecular formula is C54H31B2N3O2. The Morgan fingerprint density at radius 2 is 0.967 bits per heavy atom. The molecule has 61 heavy (non-hydrogen) atoms. The van der Waals surface area contributed by atoms with Gasteiger partial charge in [0, 0.05) is 55.4 Å². The molecule has 0 N–H and O–H groups in total. The Bertz CT molecular complexity index is 3690. The second-order valence-corrected chi connectivity index (χ2v) is 16.7. The number of para-hydroxylation sites is 6. The molecule has 0 saturated carbocycles. The van der Waals surface area contributed by atoms with Crippen LogP contribution in [0.5, 0.6) is 23.0 Å². The maximum absolute atomic E-state index is 7.32. The van der Waals surface area contributed by atoms with Gasteiger partial charge in [-0.05, 0) is 100 Å². The molecule has 4 aliphatic heterocycles. The van der Waals surface area contributed by atoms with Crippen molar-refractivity contribution in [2.24, 2.45) is 0 Å². The van der Waals surface area contributed by atoms with Gasteiger partial charge in [-0.1, -0.05) is 115 Å². The van der Waals surface area contributed by atoms with Crippen molar-refractivity contribution in [2.45, 2.75) is 0 Å². The maximum Gasteiger partial charge on any atom is 0.260 e. The summed E-state index contributed by atoms with van der Waals surface area (Å²) in [5.41, 5.74) is 17.5. The van der Waals surface area contributed by atoms with E-state index in [1.54, 1.807) is 0 Å². The van der Waals surface area contributed by atoms with Crippen LogP contribution in [0.25, 0.3) is 38.1 Å². The lowest BCUT2D eigenvalue weighted by Crippen LogP contribution is -2.63. The second-order valence-electron chi connectivity index (χ2n) is 16.7. The van der Waals surface area contributed by atoms with Gasteiger partial charge in [0.2, 0.25) is 0 Å². The summed E-state index contributed by atoms with van der Waals surface area (Å²) >= 11 is 0. The van der Waals surface area contributed by atoms with Crippen LogP contribution in [-0.2, 0) is 0 Å². The van der Waals surface area contributed by atoms with E-state index in [2.05, 4.69) is 202 Å². The van der Waals surface area contributed by atoms with E-state index < -0.39 is 0 Å². The Morgan fingerprint density at radius 3 is 1.70 bits per heavy atom. The number of aromatic nitrogens is 1. The molecule has 280 valence electrons. The first-order valence-corrected chi connectivity index (χ1v) is 21.1. The van der Waals surface area contributed by atoms with Gasteiger partial charge in [0.25, 0.3) is 13.4 Å². The first kappa shape index (κ1) is 32.0. The van der Waals surface area contributed by atoms with E-state index in [9.17, 15) is 0 Å². The molecule has 9 aromatic carbocycles. The third-order valence-electron chi connectivity index (χ3n) is 13.8. The minimum Gasteiger partial charge on any atom is -0.458 e. The van der Waals surface area contributed by atoms with Crippen LogP contribution in [0.1, 0.15) is 0 Å². The van der Waals surface area contributed by atoms with Crippen molar-refractivity contribution in [1.82, 2.24) is 4.40 Å². The molecule has 6 heterocycles. The maximum atomic E-state index is 7.32. The minimum atomic E-state index is -0.172. The van der Waals surface area contributed by atoms with E-state index in [-0.39, 0.29) is 13.4 Å². The molecule has 7 heteroatoms. The number of ether oxygens (including phenoxy) is 2. The molecular weight excluding hydrogens is 744 g/mol. The summed E-state index contributed by atoms with van der Waals surface area (Å²) in [4.78, 5) is 4.97. The molecule has 0 fully saturated rings. The monoisotopic (exact) mass is 775 g/mol. The number of benzene rings is 9. The highest BCUT2D eigenvalue weighted by molar-refractivity contribution is 7.03. The quantitative estimate of drug-likeness (QED) is 0.164. The zero-order chi connectivity index (χ0) is 39.5. The van der Waals surface area contributed by atoms with E-state index in [0.29, 0.717) is 0 Å². The molecule has 5 nitrogen and oxygen atoms in total. The summed E-state index contributed by atoms with van der Waals surface area (Å²) in [5, 5.41) is 5.05. The van der Waals surface area contributed by atoms with Gasteiger partial charge in [0.15, 0.2) is 0 Å². The first-order chi connectivity index (χ1) is 30.3. The largest absolute Gasteiger partial charge is 0.458 e. The lowest BCUT2D eigenvalue weighted by molar-refractivity contribution is 0.466. The van der Waals surface area contributed by atoms with E-state index in [4.69, 9.17) is 9.47 Å². The van der Waals surface area contributed by atoms with Crippen molar-refractivity contribution in [2.75, 3.05) is 9.80 Å². The van der Waals surface area contributed by atoms with E-state index >= 15 is 0 Å². The number of anilines is 6. The van der Waals surface area contributed by atoms with E-state index in [1.165, 1.54) is 54.7 Å². The van der Waals surface area contributed by atoms with Gasteiger partial charge in [-0.3, -0.25) is 0 Å². The van der Waals surface area contributed by atoms with Gasteiger partial charge in [-0.25, -0.2) is 0 Å². The third-order valence-corrected chi connectivity index (χ3v) is 13.8. The van der Waals surface area contributed by atoms with Gasteiger partial charge in [-0.15, -0.1) is 0 Å². The summed E-state index contributed by atoms with van der Waals surface area (Å²) in [7, 11) is 0. The number of rotatable bonds is 2. The Hall–Kier alpha value is -7.89. The lowest BCUT2D eigenvalue weighted by atomic mass is 9.31.